The van der Waals surface area contributed by atoms with Gasteiger partial charge in [0.15, 0.2) is 17.6 Å². The molecule has 1 saturated heterocycles. The van der Waals surface area contributed by atoms with E-state index in [9.17, 15) is 48.0 Å². The molecule has 16 nitrogen and oxygen atoms in total. The van der Waals surface area contributed by atoms with Crippen LogP contribution in [-0.4, -0.2) is 58.4 Å². The van der Waals surface area contributed by atoms with Crippen LogP contribution in [0.3, 0.4) is 0 Å². The van der Waals surface area contributed by atoms with E-state index in [1.165, 1.54) is 24.3 Å². The van der Waals surface area contributed by atoms with Crippen molar-refractivity contribution in [3.63, 3.8) is 0 Å². The molecule has 34 heavy (non-hydrogen) atoms. The standard InChI is InChI=1S/C15H18N3O13P3/c16-7-1-3-8(4-2-7)32(22)14(20)12-10(30-33(23,24)25)11(31-34(26,27)28)13(29-12)18-6-5-9(19)17-15(18)21/h1-6,10-14,20H,(H6-,16,17,19,21,22,23,24,25,26,27,28)/p+1/t10-,11+,12-,13+,14?/m0/s1. The van der Waals surface area contributed by atoms with Crippen LogP contribution in [0, 0.1) is 0 Å². The Balaban J connectivity index is 2.08. The van der Waals surface area contributed by atoms with Crippen molar-refractivity contribution in [1.82, 2.24) is 9.55 Å². The lowest BCUT2D eigenvalue weighted by molar-refractivity contribution is -0.0636. The molecule has 6 atom stereocenters. The Morgan fingerprint density at radius 3 is 2.12 bits per heavy atom. The van der Waals surface area contributed by atoms with Crippen molar-refractivity contribution in [3.05, 3.63) is 57.4 Å². The second-order valence-electron chi connectivity index (χ2n) is 6.96. The van der Waals surface area contributed by atoms with Crippen molar-refractivity contribution in [3.8, 4) is 0 Å². The van der Waals surface area contributed by atoms with Crippen LogP contribution in [0.5, 0.6) is 0 Å². The van der Waals surface area contributed by atoms with Crippen LogP contribution in [0.25, 0.3) is 0 Å². The fraction of sp³-hybridized carbons (Fsp3) is 0.333. The zero-order valence-corrected chi connectivity index (χ0v) is 19.4. The monoisotopic (exact) mass is 542 g/mol. The Labute approximate surface area is 190 Å². The number of phosphoric acid groups is 2. The molecule has 19 heteroatoms. The van der Waals surface area contributed by atoms with Crippen LogP contribution in [0.15, 0.2) is 46.1 Å². The molecule has 1 aromatic carbocycles. The predicted octanol–water partition coefficient (Wildman–Crippen LogP) is -1.56. The summed E-state index contributed by atoms with van der Waals surface area (Å²) in [5.41, 5.74) is 3.89. The van der Waals surface area contributed by atoms with Gasteiger partial charge in [0.2, 0.25) is 0 Å². The van der Waals surface area contributed by atoms with E-state index in [2.05, 4.69) is 9.05 Å². The molecule has 2 heterocycles. The number of ether oxygens (including phenoxy) is 1. The number of rotatable bonds is 8. The Morgan fingerprint density at radius 2 is 1.59 bits per heavy atom. The lowest BCUT2D eigenvalue weighted by Gasteiger charge is -2.25. The first kappa shape index (κ1) is 26.5. The molecule has 0 radical (unpaired) electrons. The quantitative estimate of drug-likeness (QED) is 0.147. The molecule has 0 saturated carbocycles. The summed E-state index contributed by atoms with van der Waals surface area (Å²) in [5, 5.41) is 10.8. The summed E-state index contributed by atoms with van der Waals surface area (Å²) in [5.74, 6) is -2.07. The van der Waals surface area contributed by atoms with E-state index in [-0.39, 0.29) is 5.30 Å². The number of nitrogens with two attached hydrogens (primary N) is 1. The van der Waals surface area contributed by atoms with Crippen LogP contribution in [-0.2, 0) is 27.5 Å². The number of nitrogen functional groups attached to an aromatic ring is 1. The second kappa shape index (κ2) is 9.90. The number of aliphatic hydroxyl groups excluding tert-OH is 1. The van der Waals surface area contributed by atoms with Gasteiger partial charge in [-0.05, 0) is 24.3 Å². The average molecular weight is 542 g/mol. The minimum Gasteiger partial charge on any atom is -0.399 e. The third-order valence-corrected chi connectivity index (χ3v) is 7.17. The number of benzene rings is 1. The smallest absolute Gasteiger partial charge is 0.399 e. The largest absolute Gasteiger partial charge is 0.470 e. The summed E-state index contributed by atoms with van der Waals surface area (Å²) in [4.78, 5) is 62.8. The van der Waals surface area contributed by atoms with Gasteiger partial charge in [0.25, 0.3) is 11.4 Å². The van der Waals surface area contributed by atoms with Gasteiger partial charge in [-0.3, -0.25) is 23.4 Å². The number of nitrogens with zero attached hydrogens (tertiary/aromatic N) is 1. The average Bonchev–Trinajstić information content (AvgIpc) is 3.02. The van der Waals surface area contributed by atoms with Crippen LogP contribution in [0.2, 0.25) is 0 Å². The van der Waals surface area contributed by atoms with Gasteiger partial charge in [-0.25, -0.2) is 13.9 Å². The summed E-state index contributed by atoms with van der Waals surface area (Å²) in [6.45, 7) is 0. The molecule has 1 aliphatic rings. The zero-order chi connectivity index (χ0) is 25.4. The van der Waals surface area contributed by atoms with Crippen LogP contribution in [0.4, 0.5) is 5.69 Å². The molecule has 0 amide bonds. The first-order valence-electron chi connectivity index (χ1n) is 9.11. The van der Waals surface area contributed by atoms with Gasteiger partial charge in [-0.2, -0.15) is 0 Å². The van der Waals surface area contributed by atoms with Gasteiger partial charge in [-0.1, -0.05) is 4.57 Å². The van der Waals surface area contributed by atoms with Crippen molar-refractivity contribution >= 4 is 34.4 Å². The highest BCUT2D eigenvalue weighted by Crippen LogP contribution is 2.51. The Hall–Kier alpha value is -2.06. The molecule has 186 valence electrons. The van der Waals surface area contributed by atoms with E-state index >= 15 is 0 Å². The molecule has 8 N–H and O–H groups in total. The van der Waals surface area contributed by atoms with Gasteiger partial charge in [0.05, 0.1) is 0 Å². The topological polar surface area (TPSA) is 261 Å². The number of hydrogen-bond donors (Lipinski definition) is 7. The van der Waals surface area contributed by atoms with Gasteiger partial charge in [0, 0.05) is 18.0 Å². The normalized spacial score (nSPS) is 24.7. The fourth-order valence-corrected chi connectivity index (χ4v) is 5.57. The summed E-state index contributed by atoms with van der Waals surface area (Å²) in [6, 6.07) is 6.20. The van der Waals surface area contributed by atoms with Crippen molar-refractivity contribution in [2.24, 2.45) is 0 Å². The van der Waals surface area contributed by atoms with Gasteiger partial charge >= 0.3 is 29.1 Å². The minimum atomic E-state index is -5.42. The van der Waals surface area contributed by atoms with E-state index in [0.29, 0.717) is 10.3 Å². The van der Waals surface area contributed by atoms with Crippen molar-refractivity contribution in [1.29, 1.82) is 0 Å². The molecule has 0 spiro atoms. The maximum Gasteiger partial charge on any atom is 0.470 e. The van der Waals surface area contributed by atoms with Gasteiger partial charge < -0.3 is 35.2 Å². The Bertz CT molecular complexity index is 1270. The van der Waals surface area contributed by atoms with Crippen LogP contribution < -0.4 is 22.3 Å². The fourth-order valence-electron chi connectivity index (χ4n) is 3.21. The number of aliphatic hydroxyl groups is 1. The number of aromatic amines is 1. The van der Waals surface area contributed by atoms with Crippen molar-refractivity contribution < 1.29 is 52.2 Å². The van der Waals surface area contributed by atoms with Crippen LogP contribution in [0.1, 0.15) is 6.23 Å². The van der Waals surface area contributed by atoms with E-state index in [4.69, 9.17) is 10.5 Å². The molecular formula is C15H19N3O13P3+. The molecule has 0 bridgehead atoms. The summed E-state index contributed by atoms with van der Waals surface area (Å²) >= 11 is 0. The number of hydrogen-bond acceptors (Lipinski definition) is 10. The number of aromatic nitrogens is 2. The van der Waals surface area contributed by atoms with Gasteiger partial charge in [0.1, 0.15) is 12.2 Å². The van der Waals surface area contributed by atoms with E-state index in [1.54, 1.807) is 0 Å². The second-order valence-corrected chi connectivity index (χ2v) is 11.0. The third kappa shape index (κ3) is 6.33. The zero-order valence-electron chi connectivity index (χ0n) is 16.7. The third-order valence-electron chi connectivity index (χ3n) is 4.55. The minimum absolute atomic E-state index is 0.0485. The van der Waals surface area contributed by atoms with Crippen molar-refractivity contribution in [2.45, 2.75) is 30.4 Å². The number of phosphoric ester groups is 2. The highest BCUT2D eigenvalue weighted by Gasteiger charge is 2.59. The van der Waals surface area contributed by atoms with Crippen LogP contribution >= 0.6 is 23.4 Å². The first-order valence-corrected chi connectivity index (χ1v) is 13.5. The molecule has 0 aliphatic carbocycles. The molecular weight excluding hydrogens is 523 g/mol. The number of anilines is 1. The summed E-state index contributed by atoms with van der Waals surface area (Å²) < 4.78 is 51.3. The summed E-state index contributed by atoms with van der Waals surface area (Å²) in [6.07, 6.45) is -7.23. The van der Waals surface area contributed by atoms with E-state index < -0.39 is 65.1 Å². The number of nitrogens with one attached hydrogen (secondary N) is 1. The molecule has 3 rings (SSSR count). The lowest BCUT2D eigenvalue weighted by atomic mass is 10.1. The van der Waals surface area contributed by atoms with E-state index in [1.807, 2.05) is 4.98 Å². The Kier molecular flexibility index (Phi) is 7.73. The SMILES string of the molecule is Nc1ccc([P+](=O)C(O)[C@H]2O[C@@H](n3ccc(=O)[nH]c3=O)[C@H](OP(=O)(O)O)[C@@H]2OP(=O)(O)O)cc1. The Morgan fingerprint density at radius 1 is 1.03 bits per heavy atom. The highest BCUT2D eigenvalue weighted by atomic mass is 31.2. The van der Waals surface area contributed by atoms with Crippen molar-refractivity contribution in [2.75, 3.05) is 5.73 Å². The highest BCUT2D eigenvalue weighted by molar-refractivity contribution is 7.54. The molecule has 1 fully saturated rings. The molecule has 1 aliphatic heterocycles. The molecule has 1 aromatic heterocycles. The number of H-pyrrole nitrogens is 1. The lowest BCUT2D eigenvalue weighted by Crippen LogP contribution is -2.41. The maximum absolute atomic E-state index is 12.9. The molecule has 2 unspecified atom stereocenters. The molecule has 2 aromatic rings. The van der Waals surface area contributed by atoms with Gasteiger partial charge in [-0.15, -0.1) is 0 Å². The summed E-state index contributed by atoms with van der Waals surface area (Å²) in [7, 11) is -13.6. The predicted molar refractivity (Wildman–Crippen MR) is 113 cm³/mol. The van der Waals surface area contributed by atoms with E-state index in [0.717, 1.165) is 12.3 Å². The first-order chi connectivity index (χ1) is 15.7. The maximum atomic E-state index is 12.9.